The van der Waals surface area contributed by atoms with Crippen molar-refractivity contribution in [3.8, 4) is 0 Å². The maximum absolute atomic E-state index is 13.0. The average molecular weight is 293 g/mol. The summed E-state index contributed by atoms with van der Waals surface area (Å²) in [5.41, 5.74) is 6.57. The average Bonchev–Trinajstić information content (AvgIpc) is 2.36. The van der Waals surface area contributed by atoms with Gasteiger partial charge >= 0.3 is 0 Å². The van der Waals surface area contributed by atoms with E-state index in [2.05, 4.69) is 0 Å². The predicted molar refractivity (Wildman–Crippen MR) is 76.0 cm³/mol. The van der Waals surface area contributed by atoms with Crippen LogP contribution in [0.15, 0.2) is 47.4 Å². The molecule has 20 heavy (non-hydrogen) atoms. The second-order valence-corrected chi connectivity index (χ2v) is 5.55. The topological polar surface area (TPSA) is 80.4 Å². The molecule has 0 amide bonds. The van der Waals surface area contributed by atoms with Crippen molar-refractivity contribution < 1.29 is 17.4 Å². The first kappa shape index (κ1) is 14.2. The number of hydrogen-bond donors (Lipinski definition) is 2. The maximum atomic E-state index is 13.0. The summed E-state index contributed by atoms with van der Waals surface area (Å²) in [5.74, 6) is -0.389. The van der Waals surface area contributed by atoms with E-state index in [1.54, 1.807) is 18.2 Å². The van der Waals surface area contributed by atoms with Crippen molar-refractivity contribution in [3.63, 3.8) is 0 Å². The fourth-order valence-corrected chi connectivity index (χ4v) is 2.43. The summed E-state index contributed by atoms with van der Waals surface area (Å²) < 4.78 is 44.7. The summed E-state index contributed by atoms with van der Waals surface area (Å²) in [6.45, 7) is 0. The minimum atomic E-state index is -4.37. The highest BCUT2D eigenvalue weighted by molar-refractivity contribution is 7.86. The number of hydrogen-bond acceptors (Lipinski definition) is 3. The first-order valence-corrected chi connectivity index (χ1v) is 7.11. The van der Waals surface area contributed by atoms with E-state index >= 15 is 0 Å². The monoisotopic (exact) mass is 293 g/mol. The Morgan fingerprint density at radius 2 is 1.85 bits per heavy atom. The molecule has 6 heteroatoms. The van der Waals surface area contributed by atoms with Crippen molar-refractivity contribution in [1.29, 1.82) is 0 Å². The van der Waals surface area contributed by atoms with Gasteiger partial charge in [-0.05, 0) is 35.4 Å². The third kappa shape index (κ3) is 3.43. The number of halogens is 1. The zero-order valence-corrected chi connectivity index (χ0v) is 11.1. The number of anilines is 1. The van der Waals surface area contributed by atoms with E-state index in [-0.39, 0.29) is 22.0 Å². The molecule has 0 unspecified atom stereocenters. The zero-order valence-electron chi connectivity index (χ0n) is 10.3. The molecule has 0 aromatic heterocycles. The van der Waals surface area contributed by atoms with Gasteiger partial charge in [0.15, 0.2) is 0 Å². The summed E-state index contributed by atoms with van der Waals surface area (Å²) in [4.78, 5) is -0.287. The number of benzene rings is 2. The molecule has 3 N–H and O–H groups in total. The van der Waals surface area contributed by atoms with Crippen molar-refractivity contribution in [2.45, 2.75) is 4.90 Å². The molecule has 0 saturated heterocycles. The molecule has 0 spiro atoms. The lowest BCUT2D eigenvalue weighted by molar-refractivity contribution is 0.483. The van der Waals surface area contributed by atoms with Crippen LogP contribution >= 0.6 is 0 Å². The molecule has 2 aromatic carbocycles. The quantitative estimate of drug-likeness (QED) is 0.518. The summed E-state index contributed by atoms with van der Waals surface area (Å²) >= 11 is 0. The van der Waals surface area contributed by atoms with E-state index in [1.165, 1.54) is 36.4 Å². The molecular weight excluding hydrogens is 281 g/mol. The standard InChI is InChI=1S/C14H12FNO3S/c15-12-3-1-2-10(8-12)4-5-11-6-7-13(16)9-14(11)20(17,18)19/h1-9H,16H2,(H,17,18,19). The number of nitrogens with two attached hydrogens (primary N) is 1. The van der Waals surface area contributed by atoms with E-state index in [9.17, 15) is 12.8 Å². The van der Waals surface area contributed by atoms with Crippen molar-refractivity contribution in [1.82, 2.24) is 0 Å². The maximum Gasteiger partial charge on any atom is 0.295 e. The summed E-state index contributed by atoms with van der Waals surface area (Å²) in [6.07, 6.45) is 3.01. The minimum absolute atomic E-state index is 0.223. The molecule has 2 rings (SSSR count). The van der Waals surface area contributed by atoms with Crippen LogP contribution < -0.4 is 5.73 Å². The highest BCUT2D eigenvalue weighted by Gasteiger charge is 2.14. The van der Waals surface area contributed by atoms with Gasteiger partial charge in [-0.3, -0.25) is 4.55 Å². The van der Waals surface area contributed by atoms with Gasteiger partial charge in [-0.1, -0.05) is 30.4 Å². The fraction of sp³-hybridized carbons (Fsp3) is 0. The lowest BCUT2D eigenvalue weighted by Crippen LogP contribution is -2.02. The SMILES string of the molecule is Nc1ccc(C=Cc2cccc(F)c2)c(S(=O)(=O)O)c1. The molecule has 0 radical (unpaired) electrons. The summed E-state index contributed by atoms with van der Waals surface area (Å²) in [6, 6.07) is 9.98. The van der Waals surface area contributed by atoms with Crippen LogP contribution in [0.25, 0.3) is 12.2 Å². The van der Waals surface area contributed by atoms with Crippen LogP contribution in [-0.4, -0.2) is 13.0 Å². The van der Waals surface area contributed by atoms with Crippen LogP contribution in [0.3, 0.4) is 0 Å². The van der Waals surface area contributed by atoms with Crippen molar-refractivity contribution >= 4 is 28.0 Å². The zero-order chi connectivity index (χ0) is 14.8. The lowest BCUT2D eigenvalue weighted by Gasteiger charge is -2.04. The summed E-state index contributed by atoms with van der Waals surface area (Å²) in [7, 11) is -4.37. The van der Waals surface area contributed by atoms with Crippen LogP contribution in [0, 0.1) is 5.82 Å². The lowest BCUT2D eigenvalue weighted by atomic mass is 10.1. The second kappa shape index (κ2) is 5.44. The van der Waals surface area contributed by atoms with E-state index < -0.39 is 10.1 Å². The molecule has 0 aliphatic rings. The van der Waals surface area contributed by atoms with Gasteiger partial charge in [0.25, 0.3) is 10.1 Å². The Labute approximate surface area is 116 Å². The molecular formula is C14H12FNO3S. The Morgan fingerprint density at radius 3 is 2.50 bits per heavy atom. The van der Waals surface area contributed by atoms with E-state index in [0.29, 0.717) is 5.56 Å². The molecule has 4 nitrogen and oxygen atoms in total. The molecule has 0 bridgehead atoms. The molecule has 0 aliphatic heterocycles. The first-order valence-electron chi connectivity index (χ1n) is 5.67. The van der Waals surface area contributed by atoms with Crippen LogP contribution in [0.4, 0.5) is 10.1 Å². The smallest absolute Gasteiger partial charge is 0.295 e. The van der Waals surface area contributed by atoms with E-state index in [4.69, 9.17) is 10.3 Å². The van der Waals surface area contributed by atoms with Crippen molar-refractivity contribution in [3.05, 3.63) is 59.4 Å². The van der Waals surface area contributed by atoms with Crippen molar-refractivity contribution in [2.24, 2.45) is 0 Å². The van der Waals surface area contributed by atoms with Crippen LogP contribution in [0.2, 0.25) is 0 Å². The van der Waals surface area contributed by atoms with E-state index in [0.717, 1.165) is 0 Å². The Bertz CT molecular complexity index is 770. The number of nitrogen functional groups attached to an aromatic ring is 1. The van der Waals surface area contributed by atoms with Gasteiger partial charge in [-0.25, -0.2) is 4.39 Å². The van der Waals surface area contributed by atoms with E-state index in [1.807, 2.05) is 0 Å². The van der Waals surface area contributed by atoms with Gasteiger partial charge in [0.2, 0.25) is 0 Å². The Hall–Kier alpha value is -2.18. The fourth-order valence-electron chi connectivity index (χ4n) is 1.71. The normalized spacial score (nSPS) is 11.9. The minimum Gasteiger partial charge on any atom is -0.399 e. The predicted octanol–water partition coefficient (Wildman–Crippen LogP) is 2.83. The summed E-state index contributed by atoms with van der Waals surface area (Å²) in [5, 5.41) is 0. The van der Waals surface area contributed by atoms with Crippen LogP contribution in [0.5, 0.6) is 0 Å². The molecule has 0 fully saturated rings. The Morgan fingerprint density at radius 1 is 1.10 bits per heavy atom. The van der Waals surface area contributed by atoms with Crippen LogP contribution in [-0.2, 0) is 10.1 Å². The molecule has 104 valence electrons. The van der Waals surface area contributed by atoms with Gasteiger partial charge in [0.05, 0.1) is 0 Å². The first-order chi connectivity index (χ1) is 9.36. The highest BCUT2D eigenvalue weighted by Crippen LogP contribution is 2.21. The van der Waals surface area contributed by atoms with Gasteiger partial charge in [-0.2, -0.15) is 8.42 Å². The third-order valence-electron chi connectivity index (χ3n) is 2.62. The molecule has 0 heterocycles. The Kier molecular flexibility index (Phi) is 3.87. The van der Waals surface area contributed by atoms with Crippen molar-refractivity contribution in [2.75, 3.05) is 5.73 Å². The van der Waals surface area contributed by atoms with Gasteiger partial charge in [-0.15, -0.1) is 0 Å². The van der Waals surface area contributed by atoms with Gasteiger partial charge in [0.1, 0.15) is 10.7 Å². The largest absolute Gasteiger partial charge is 0.399 e. The molecule has 0 aliphatic carbocycles. The number of rotatable bonds is 3. The molecule has 0 saturated carbocycles. The van der Waals surface area contributed by atoms with Crippen LogP contribution in [0.1, 0.15) is 11.1 Å². The third-order valence-corrected chi connectivity index (χ3v) is 3.53. The molecule has 0 atom stereocenters. The second-order valence-electron chi connectivity index (χ2n) is 4.16. The Balaban J connectivity index is 2.44. The highest BCUT2D eigenvalue weighted by atomic mass is 32.2. The molecule has 2 aromatic rings. The van der Waals surface area contributed by atoms with Gasteiger partial charge < -0.3 is 5.73 Å². The van der Waals surface area contributed by atoms with Gasteiger partial charge in [0, 0.05) is 5.69 Å².